The fourth-order valence-corrected chi connectivity index (χ4v) is 3.17. The van der Waals surface area contributed by atoms with Crippen LogP contribution in [0.25, 0.3) is 11.8 Å². The van der Waals surface area contributed by atoms with E-state index in [-0.39, 0.29) is 0 Å². The van der Waals surface area contributed by atoms with Crippen LogP contribution >= 0.6 is 0 Å². The number of aryl methyl sites for hydroxylation is 1. The van der Waals surface area contributed by atoms with Gasteiger partial charge in [0, 0.05) is 43.3 Å². The Morgan fingerprint density at radius 1 is 1.17 bits per heavy atom. The molecule has 2 aromatic carbocycles. The summed E-state index contributed by atoms with van der Waals surface area (Å²) in [6.07, 6.45) is 2.96. The van der Waals surface area contributed by atoms with Gasteiger partial charge in [0.25, 0.3) is 0 Å². The first-order chi connectivity index (χ1) is 11.0. The van der Waals surface area contributed by atoms with E-state index in [4.69, 9.17) is 0 Å². The zero-order chi connectivity index (χ0) is 16.6. The summed E-state index contributed by atoms with van der Waals surface area (Å²) < 4.78 is 0. The van der Waals surface area contributed by atoms with Crippen molar-refractivity contribution in [3.05, 3.63) is 71.8 Å². The quantitative estimate of drug-likeness (QED) is 0.788. The van der Waals surface area contributed by atoms with Crippen molar-refractivity contribution in [1.82, 2.24) is 0 Å². The predicted molar refractivity (Wildman–Crippen MR) is 102 cm³/mol. The normalized spacial score (nSPS) is 13.2. The van der Waals surface area contributed by atoms with Gasteiger partial charge in [0.05, 0.1) is 0 Å². The van der Waals surface area contributed by atoms with Gasteiger partial charge in [-0.05, 0) is 41.3 Å². The minimum absolute atomic E-state index is 0.887. The standard InChI is InChI=1S/C21H24N2/c1-6-16-8-9-18-14-23(15(3)20(18)12-16)19-11-10-17(7-2)21(13-19)22(4)5/h7-13H,2-3,6,14H2,1,4-5H3. The third-order valence-corrected chi connectivity index (χ3v) is 4.58. The van der Waals surface area contributed by atoms with Crippen molar-refractivity contribution in [2.45, 2.75) is 19.9 Å². The Balaban J connectivity index is 1.99. The molecule has 0 spiro atoms. The Labute approximate surface area is 139 Å². The maximum atomic E-state index is 4.34. The lowest BCUT2D eigenvalue weighted by Crippen LogP contribution is -2.15. The third kappa shape index (κ3) is 2.65. The highest BCUT2D eigenvalue weighted by Crippen LogP contribution is 2.38. The van der Waals surface area contributed by atoms with Crippen molar-refractivity contribution in [2.24, 2.45) is 0 Å². The van der Waals surface area contributed by atoms with Crippen LogP contribution in [0.1, 0.15) is 29.2 Å². The van der Waals surface area contributed by atoms with Crippen molar-refractivity contribution in [3.8, 4) is 0 Å². The molecule has 2 aromatic rings. The van der Waals surface area contributed by atoms with Crippen molar-refractivity contribution in [2.75, 3.05) is 23.9 Å². The molecule has 0 fully saturated rings. The molecule has 2 heteroatoms. The van der Waals surface area contributed by atoms with E-state index in [1.165, 1.54) is 28.1 Å². The first-order valence-electron chi connectivity index (χ1n) is 8.07. The van der Waals surface area contributed by atoms with E-state index in [1.54, 1.807) is 0 Å². The Morgan fingerprint density at radius 2 is 1.96 bits per heavy atom. The molecule has 118 valence electrons. The lowest BCUT2D eigenvalue weighted by Gasteiger charge is -2.23. The molecule has 0 saturated carbocycles. The van der Waals surface area contributed by atoms with Crippen LogP contribution in [0.4, 0.5) is 11.4 Å². The lowest BCUT2D eigenvalue weighted by molar-refractivity contribution is 1.03. The molecule has 0 aromatic heterocycles. The average molecular weight is 304 g/mol. The summed E-state index contributed by atoms with van der Waals surface area (Å²) in [5.74, 6) is 0. The Hall–Kier alpha value is -2.48. The highest BCUT2D eigenvalue weighted by Gasteiger charge is 2.24. The molecule has 0 N–H and O–H groups in total. The highest BCUT2D eigenvalue weighted by molar-refractivity contribution is 5.86. The van der Waals surface area contributed by atoms with E-state index in [2.05, 4.69) is 80.4 Å². The first kappa shape index (κ1) is 15.4. The van der Waals surface area contributed by atoms with E-state index in [9.17, 15) is 0 Å². The monoisotopic (exact) mass is 304 g/mol. The van der Waals surface area contributed by atoms with Gasteiger partial charge in [-0.1, -0.05) is 44.4 Å². The van der Waals surface area contributed by atoms with E-state index in [0.29, 0.717) is 0 Å². The van der Waals surface area contributed by atoms with Gasteiger partial charge in [-0.3, -0.25) is 0 Å². The fraction of sp³-hybridized carbons (Fsp3) is 0.238. The first-order valence-corrected chi connectivity index (χ1v) is 8.07. The van der Waals surface area contributed by atoms with Crippen LogP contribution in [0.15, 0.2) is 49.6 Å². The fourth-order valence-electron chi connectivity index (χ4n) is 3.17. The average Bonchev–Trinajstić information content (AvgIpc) is 2.90. The van der Waals surface area contributed by atoms with Gasteiger partial charge in [-0.25, -0.2) is 0 Å². The van der Waals surface area contributed by atoms with Gasteiger partial charge in [0.1, 0.15) is 0 Å². The SMILES string of the molecule is C=Cc1ccc(N2Cc3ccc(CC)cc3C2=C)cc1N(C)C. The Kier molecular flexibility index (Phi) is 3.99. The van der Waals surface area contributed by atoms with Crippen LogP contribution in [0.5, 0.6) is 0 Å². The molecule has 0 unspecified atom stereocenters. The Bertz CT molecular complexity index is 771. The molecule has 0 bridgehead atoms. The van der Waals surface area contributed by atoms with Crippen molar-refractivity contribution in [1.29, 1.82) is 0 Å². The van der Waals surface area contributed by atoms with Crippen LogP contribution in [0, 0.1) is 0 Å². The number of fused-ring (bicyclic) bond motifs is 1. The van der Waals surface area contributed by atoms with E-state index in [1.807, 2.05) is 6.08 Å². The second-order valence-corrected chi connectivity index (χ2v) is 6.22. The smallest absolute Gasteiger partial charge is 0.0488 e. The Morgan fingerprint density at radius 3 is 2.61 bits per heavy atom. The predicted octanol–water partition coefficient (Wildman–Crippen LogP) is 4.95. The highest BCUT2D eigenvalue weighted by atomic mass is 15.2. The minimum Gasteiger partial charge on any atom is -0.377 e. The van der Waals surface area contributed by atoms with E-state index < -0.39 is 0 Å². The molecule has 23 heavy (non-hydrogen) atoms. The largest absolute Gasteiger partial charge is 0.377 e. The number of benzene rings is 2. The van der Waals surface area contributed by atoms with Crippen LogP contribution in [-0.2, 0) is 13.0 Å². The maximum absolute atomic E-state index is 4.34. The molecule has 1 heterocycles. The summed E-state index contributed by atoms with van der Waals surface area (Å²) in [6, 6.07) is 13.2. The van der Waals surface area contributed by atoms with Crippen LogP contribution < -0.4 is 9.80 Å². The van der Waals surface area contributed by atoms with Gasteiger partial charge >= 0.3 is 0 Å². The number of rotatable bonds is 4. The lowest BCUT2D eigenvalue weighted by atomic mass is 10.0. The zero-order valence-electron chi connectivity index (χ0n) is 14.3. The van der Waals surface area contributed by atoms with E-state index in [0.717, 1.165) is 24.2 Å². The molecule has 0 amide bonds. The molecule has 0 aliphatic carbocycles. The van der Waals surface area contributed by atoms with Crippen molar-refractivity contribution in [3.63, 3.8) is 0 Å². The molecular formula is C21H24N2. The van der Waals surface area contributed by atoms with Crippen LogP contribution in [-0.4, -0.2) is 14.1 Å². The molecule has 0 saturated heterocycles. The summed E-state index contributed by atoms with van der Waals surface area (Å²) in [6.45, 7) is 11.3. The number of hydrogen-bond acceptors (Lipinski definition) is 2. The minimum atomic E-state index is 0.887. The summed E-state index contributed by atoms with van der Waals surface area (Å²) in [4.78, 5) is 4.42. The van der Waals surface area contributed by atoms with Crippen LogP contribution in [0.2, 0.25) is 0 Å². The molecular weight excluding hydrogens is 280 g/mol. The molecule has 0 atom stereocenters. The molecule has 0 radical (unpaired) electrons. The second-order valence-electron chi connectivity index (χ2n) is 6.22. The molecule has 1 aliphatic heterocycles. The van der Waals surface area contributed by atoms with E-state index >= 15 is 0 Å². The molecule has 1 aliphatic rings. The number of hydrogen-bond donors (Lipinski definition) is 0. The second kappa shape index (κ2) is 5.96. The summed E-state index contributed by atoms with van der Waals surface area (Å²) in [5.41, 5.74) is 8.59. The van der Waals surface area contributed by atoms with Gasteiger partial charge in [-0.2, -0.15) is 0 Å². The van der Waals surface area contributed by atoms with Gasteiger partial charge in [-0.15, -0.1) is 0 Å². The molecule has 2 nitrogen and oxygen atoms in total. The van der Waals surface area contributed by atoms with Gasteiger partial charge in [0.15, 0.2) is 0 Å². The van der Waals surface area contributed by atoms with Crippen LogP contribution in [0.3, 0.4) is 0 Å². The number of nitrogens with zero attached hydrogens (tertiary/aromatic N) is 2. The van der Waals surface area contributed by atoms with Gasteiger partial charge in [0.2, 0.25) is 0 Å². The summed E-state index contributed by atoms with van der Waals surface area (Å²) in [5, 5.41) is 0. The maximum Gasteiger partial charge on any atom is 0.0488 e. The summed E-state index contributed by atoms with van der Waals surface area (Å²) >= 11 is 0. The third-order valence-electron chi connectivity index (χ3n) is 4.58. The van der Waals surface area contributed by atoms with Gasteiger partial charge < -0.3 is 9.80 Å². The topological polar surface area (TPSA) is 6.48 Å². The van der Waals surface area contributed by atoms with Crippen molar-refractivity contribution >= 4 is 23.1 Å². The summed E-state index contributed by atoms with van der Waals surface area (Å²) in [7, 11) is 4.13. The number of anilines is 2. The zero-order valence-corrected chi connectivity index (χ0v) is 14.3. The molecule has 3 rings (SSSR count). The van der Waals surface area contributed by atoms with Crippen molar-refractivity contribution < 1.29 is 0 Å².